The smallest absolute Gasteiger partial charge is 0.153 e. The number of H-pyrrole nitrogens is 1. The summed E-state index contributed by atoms with van der Waals surface area (Å²) in [4.78, 5) is 18.7. The first-order valence-electron chi connectivity index (χ1n) is 11.9. The van der Waals surface area contributed by atoms with Gasteiger partial charge in [0, 0.05) is 30.9 Å². The number of aryl methyl sites for hydroxylation is 1. The average Bonchev–Trinajstić information content (AvgIpc) is 3.48. The third-order valence-electron chi connectivity index (χ3n) is 6.69. The van der Waals surface area contributed by atoms with E-state index in [-0.39, 0.29) is 5.92 Å². The lowest BCUT2D eigenvalue weighted by Gasteiger charge is -2.32. The standard InChI is InChI=1S/C26H25ClFN7O/c1-15-31-19-4-3-18(10-21(19)32-15)36-23-6-5-20-26(25(23)27)33-22(12-29-20)17-11-30-35(14-17)13-16-7-8-34(2)24(28)9-16/h3-6,10-12,14,16,24H,7-9,13H2,1-2H3,(H,31,32)/t16-,24?/m0/s1. The van der Waals surface area contributed by atoms with Gasteiger partial charge in [0.1, 0.15) is 27.9 Å². The van der Waals surface area contributed by atoms with Gasteiger partial charge in [0.15, 0.2) is 6.30 Å². The highest BCUT2D eigenvalue weighted by Crippen LogP contribution is 2.35. The maximum Gasteiger partial charge on any atom is 0.153 e. The highest BCUT2D eigenvalue weighted by Gasteiger charge is 2.26. The molecule has 1 N–H and O–H groups in total. The molecule has 10 heteroatoms. The van der Waals surface area contributed by atoms with Gasteiger partial charge in [-0.3, -0.25) is 14.6 Å². The van der Waals surface area contributed by atoms with Crippen molar-refractivity contribution in [2.24, 2.45) is 5.92 Å². The molecule has 3 aromatic heterocycles. The Morgan fingerprint density at radius 1 is 1.17 bits per heavy atom. The van der Waals surface area contributed by atoms with E-state index in [0.717, 1.165) is 35.4 Å². The van der Waals surface area contributed by atoms with Crippen LogP contribution in [0.3, 0.4) is 0 Å². The SMILES string of the molecule is Cc1nc2ccc(Oc3ccc4ncc(-c5cnn(C[C@H]6CCN(C)C(F)C6)c5)nc4c3Cl)cc2[nH]1. The molecule has 4 heterocycles. The summed E-state index contributed by atoms with van der Waals surface area (Å²) in [6, 6.07) is 9.27. The molecule has 1 aliphatic heterocycles. The predicted octanol–water partition coefficient (Wildman–Crippen LogP) is 5.76. The van der Waals surface area contributed by atoms with Gasteiger partial charge in [0.05, 0.1) is 34.6 Å². The van der Waals surface area contributed by atoms with Crippen LogP contribution < -0.4 is 4.74 Å². The van der Waals surface area contributed by atoms with Crippen molar-refractivity contribution in [1.29, 1.82) is 0 Å². The van der Waals surface area contributed by atoms with E-state index in [4.69, 9.17) is 21.3 Å². The van der Waals surface area contributed by atoms with Crippen LogP contribution >= 0.6 is 11.6 Å². The quantitative estimate of drug-likeness (QED) is 0.306. The minimum absolute atomic E-state index is 0.255. The van der Waals surface area contributed by atoms with E-state index >= 15 is 0 Å². The Balaban J connectivity index is 1.25. The van der Waals surface area contributed by atoms with Gasteiger partial charge in [0.2, 0.25) is 0 Å². The number of fused-ring (bicyclic) bond motifs is 2. The molecule has 1 unspecified atom stereocenters. The Labute approximate surface area is 212 Å². The van der Waals surface area contributed by atoms with E-state index < -0.39 is 6.30 Å². The molecule has 0 amide bonds. The number of nitrogens with zero attached hydrogens (tertiary/aromatic N) is 6. The first kappa shape index (κ1) is 22.9. The van der Waals surface area contributed by atoms with Gasteiger partial charge in [-0.1, -0.05) is 11.6 Å². The zero-order valence-corrected chi connectivity index (χ0v) is 20.7. The van der Waals surface area contributed by atoms with Crippen LogP contribution in [-0.4, -0.2) is 54.5 Å². The summed E-state index contributed by atoms with van der Waals surface area (Å²) in [5.41, 5.74) is 4.48. The van der Waals surface area contributed by atoms with Crippen molar-refractivity contribution in [2.75, 3.05) is 13.6 Å². The predicted molar refractivity (Wildman–Crippen MR) is 137 cm³/mol. The van der Waals surface area contributed by atoms with E-state index in [2.05, 4.69) is 20.1 Å². The second-order valence-electron chi connectivity index (χ2n) is 9.36. The van der Waals surface area contributed by atoms with Crippen LogP contribution in [0.2, 0.25) is 5.02 Å². The number of aromatic amines is 1. The van der Waals surface area contributed by atoms with Crippen molar-refractivity contribution >= 4 is 33.7 Å². The lowest BCUT2D eigenvalue weighted by atomic mass is 9.96. The van der Waals surface area contributed by atoms with Crippen LogP contribution in [0.1, 0.15) is 18.7 Å². The second kappa shape index (κ2) is 9.15. The molecule has 1 fully saturated rings. The first-order valence-corrected chi connectivity index (χ1v) is 12.3. The van der Waals surface area contributed by atoms with Crippen LogP contribution in [0.15, 0.2) is 48.9 Å². The minimum Gasteiger partial charge on any atom is -0.456 e. The number of hydrogen-bond donors (Lipinski definition) is 1. The Hall–Kier alpha value is -3.56. The zero-order chi connectivity index (χ0) is 24.8. The van der Waals surface area contributed by atoms with Crippen LogP contribution in [0.4, 0.5) is 4.39 Å². The van der Waals surface area contributed by atoms with Gasteiger partial charge in [0.25, 0.3) is 0 Å². The van der Waals surface area contributed by atoms with Crippen molar-refractivity contribution in [3.05, 3.63) is 59.8 Å². The number of nitrogens with one attached hydrogen (secondary N) is 1. The molecule has 1 saturated heterocycles. The van der Waals surface area contributed by atoms with Crippen LogP contribution in [0.5, 0.6) is 11.5 Å². The van der Waals surface area contributed by atoms with E-state index in [1.807, 2.05) is 49.1 Å². The number of benzene rings is 2. The fraction of sp³-hybridized carbons (Fsp3) is 0.308. The third kappa shape index (κ3) is 4.40. The van der Waals surface area contributed by atoms with Crippen LogP contribution in [-0.2, 0) is 6.54 Å². The second-order valence-corrected chi connectivity index (χ2v) is 9.74. The molecule has 2 atom stereocenters. The van der Waals surface area contributed by atoms with E-state index in [1.54, 1.807) is 23.4 Å². The Kier molecular flexibility index (Phi) is 5.81. The van der Waals surface area contributed by atoms with Gasteiger partial charge in [-0.2, -0.15) is 5.10 Å². The lowest BCUT2D eigenvalue weighted by Crippen LogP contribution is -2.38. The zero-order valence-electron chi connectivity index (χ0n) is 19.9. The lowest BCUT2D eigenvalue weighted by molar-refractivity contribution is 0.0374. The summed E-state index contributed by atoms with van der Waals surface area (Å²) in [6.45, 7) is 3.34. The summed E-state index contributed by atoms with van der Waals surface area (Å²) in [7, 11) is 1.83. The number of halogens is 2. The number of aromatic nitrogens is 6. The topological polar surface area (TPSA) is 84.8 Å². The third-order valence-corrected chi connectivity index (χ3v) is 7.05. The summed E-state index contributed by atoms with van der Waals surface area (Å²) in [5, 5.41) is 4.86. The number of likely N-dealkylation sites (tertiary alicyclic amines) is 1. The van der Waals surface area contributed by atoms with E-state index in [0.29, 0.717) is 46.2 Å². The summed E-state index contributed by atoms with van der Waals surface area (Å²) in [5.74, 6) is 2.23. The Bertz CT molecular complexity index is 1570. The van der Waals surface area contributed by atoms with Crippen molar-refractivity contribution in [1.82, 2.24) is 34.6 Å². The first-order chi connectivity index (χ1) is 17.4. The van der Waals surface area contributed by atoms with Crippen LogP contribution in [0, 0.1) is 12.8 Å². The Morgan fingerprint density at radius 3 is 2.89 bits per heavy atom. The van der Waals surface area contributed by atoms with Gasteiger partial charge in [-0.05, 0) is 57.0 Å². The number of ether oxygens (including phenoxy) is 1. The van der Waals surface area contributed by atoms with E-state index in [9.17, 15) is 4.39 Å². The molecular formula is C26H25ClFN7O. The number of hydrogen-bond acceptors (Lipinski definition) is 6. The molecule has 1 aliphatic rings. The molecule has 0 bridgehead atoms. The molecule has 5 aromatic rings. The Morgan fingerprint density at radius 2 is 2.03 bits per heavy atom. The fourth-order valence-corrected chi connectivity index (χ4v) is 4.92. The molecule has 2 aromatic carbocycles. The minimum atomic E-state index is -0.894. The van der Waals surface area contributed by atoms with Gasteiger partial charge < -0.3 is 9.72 Å². The molecule has 8 nitrogen and oxygen atoms in total. The highest BCUT2D eigenvalue weighted by molar-refractivity contribution is 6.36. The molecule has 0 spiro atoms. The molecule has 6 rings (SSSR count). The van der Waals surface area contributed by atoms with Crippen molar-refractivity contribution < 1.29 is 9.13 Å². The molecular weight excluding hydrogens is 481 g/mol. The number of rotatable bonds is 5. The van der Waals surface area contributed by atoms with Gasteiger partial charge in [-0.25, -0.2) is 14.4 Å². The van der Waals surface area contributed by atoms with Gasteiger partial charge in [-0.15, -0.1) is 0 Å². The average molecular weight is 506 g/mol. The van der Waals surface area contributed by atoms with Crippen molar-refractivity contribution in [3.63, 3.8) is 0 Å². The monoisotopic (exact) mass is 505 g/mol. The normalized spacial score (nSPS) is 18.8. The number of alkyl halides is 1. The molecule has 0 aliphatic carbocycles. The summed E-state index contributed by atoms with van der Waals surface area (Å²) >= 11 is 6.72. The van der Waals surface area contributed by atoms with Crippen LogP contribution in [0.25, 0.3) is 33.3 Å². The van der Waals surface area contributed by atoms with Crippen molar-refractivity contribution in [3.8, 4) is 22.8 Å². The summed E-state index contributed by atoms with van der Waals surface area (Å²) < 4.78 is 22.0. The van der Waals surface area contributed by atoms with Gasteiger partial charge >= 0.3 is 0 Å². The molecule has 0 saturated carbocycles. The van der Waals surface area contributed by atoms with E-state index in [1.165, 1.54) is 0 Å². The molecule has 0 radical (unpaired) electrons. The highest BCUT2D eigenvalue weighted by atomic mass is 35.5. The number of piperidine rings is 1. The molecule has 36 heavy (non-hydrogen) atoms. The largest absolute Gasteiger partial charge is 0.456 e. The number of imidazole rings is 1. The maximum absolute atomic E-state index is 14.1. The van der Waals surface area contributed by atoms with Crippen molar-refractivity contribution in [2.45, 2.75) is 32.6 Å². The molecule has 184 valence electrons. The fourth-order valence-electron chi connectivity index (χ4n) is 4.68. The maximum atomic E-state index is 14.1. The summed E-state index contributed by atoms with van der Waals surface area (Å²) in [6.07, 6.45) is 5.97.